The number of imidazole rings is 1. The van der Waals surface area contributed by atoms with Crippen LogP contribution in [-0.4, -0.2) is 43.0 Å². The highest BCUT2D eigenvalue weighted by Crippen LogP contribution is 2.49. The van der Waals surface area contributed by atoms with Gasteiger partial charge < -0.3 is 25.0 Å². The van der Waals surface area contributed by atoms with Crippen molar-refractivity contribution in [1.29, 1.82) is 0 Å². The lowest BCUT2D eigenvalue weighted by atomic mass is 9.62. The Labute approximate surface area is 243 Å². The molecule has 216 valence electrons. The SMILES string of the molecule is CC1(O)CC(NC(=O)OC(C)(C)C)(c2ccc(-c3nc4n(c3-c3ccccc3)COc3ccc(C(=O)O)cc3-4)cc2)C1. The standard InChI is InChI=1S/C33H33N3O6/c1-31(2,3)42-30(39)35-33(17-32(4,40)18-33)23-13-10-20(11-14-23)26-27(21-8-6-5-7-9-21)36-19-41-25-15-12-22(29(37)38)16-24(25)28(36)34-26/h5-16,40H,17-19H2,1-4H3,(H,35,39)(H,37,38). The zero-order valence-corrected chi connectivity index (χ0v) is 24.0. The van der Waals surface area contributed by atoms with Crippen LogP contribution < -0.4 is 10.1 Å². The molecule has 0 atom stereocenters. The second-order valence-electron chi connectivity index (χ2n) is 12.4. The van der Waals surface area contributed by atoms with E-state index in [0.29, 0.717) is 30.0 Å². The lowest BCUT2D eigenvalue weighted by molar-refractivity contribution is -0.0892. The van der Waals surface area contributed by atoms with E-state index in [1.165, 1.54) is 6.07 Å². The number of alkyl carbamates (subject to hydrolysis) is 1. The molecule has 2 aliphatic rings. The third-order valence-electron chi connectivity index (χ3n) is 7.65. The van der Waals surface area contributed by atoms with E-state index in [2.05, 4.69) is 5.32 Å². The molecule has 1 amide bonds. The van der Waals surface area contributed by atoms with Gasteiger partial charge in [0.25, 0.3) is 0 Å². The van der Waals surface area contributed by atoms with Crippen LogP contribution in [0.25, 0.3) is 33.9 Å². The number of carbonyl (C=O) groups is 2. The maximum absolute atomic E-state index is 12.7. The number of aromatic nitrogens is 2. The Kier molecular flexibility index (Phi) is 6.38. The molecule has 9 heteroatoms. The molecule has 1 saturated carbocycles. The molecular formula is C33H33N3O6. The normalized spacial score (nSPS) is 20.9. The van der Waals surface area contributed by atoms with Crippen LogP contribution in [0.3, 0.4) is 0 Å². The minimum atomic E-state index is -1.02. The summed E-state index contributed by atoms with van der Waals surface area (Å²) >= 11 is 0. The van der Waals surface area contributed by atoms with E-state index in [-0.39, 0.29) is 12.3 Å². The number of nitrogens with one attached hydrogen (secondary N) is 1. The van der Waals surface area contributed by atoms with E-state index in [1.807, 2.05) is 79.9 Å². The fourth-order valence-electron chi connectivity index (χ4n) is 6.03. The average molecular weight is 568 g/mol. The molecular weight excluding hydrogens is 534 g/mol. The number of amides is 1. The molecule has 6 rings (SSSR count). The number of carboxylic acid groups (broad SMARTS) is 1. The zero-order chi connectivity index (χ0) is 29.9. The van der Waals surface area contributed by atoms with Crippen molar-refractivity contribution in [3.63, 3.8) is 0 Å². The van der Waals surface area contributed by atoms with Crippen molar-refractivity contribution < 1.29 is 29.3 Å². The summed E-state index contributed by atoms with van der Waals surface area (Å²) in [7, 11) is 0. The molecule has 1 aliphatic heterocycles. The van der Waals surface area contributed by atoms with E-state index in [0.717, 1.165) is 28.1 Å². The topological polar surface area (TPSA) is 123 Å². The van der Waals surface area contributed by atoms with Crippen molar-refractivity contribution in [1.82, 2.24) is 14.9 Å². The number of carboxylic acids is 1. The molecule has 0 radical (unpaired) electrons. The van der Waals surface area contributed by atoms with E-state index in [4.69, 9.17) is 14.5 Å². The van der Waals surface area contributed by atoms with Gasteiger partial charge in [0.2, 0.25) is 0 Å². The van der Waals surface area contributed by atoms with Crippen molar-refractivity contribution in [2.75, 3.05) is 0 Å². The van der Waals surface area contributed by atoms with Crippen LogP contribution >= 0.6 is 0 Å². The second-order valence-corrected chi connectivity index (χ2v) is 12.4. The maximum atomic E-state index is 12.7. The molecule has 0 spiro atoms. The number of fused-ring (bicyclic) bond motifs is 3. The lowest BCUT2D eigenvalue weighted by Crippen LogP contribution is -2.62. The van der Waals surface area contributed by atoms with Gasteiger partial charge >= 0.3 is 12.1 Å². The van der Waals surface area contributed by atoms with E-state index in [9.17, 15) is 19.8 Å². The fourth-order valence-corrected chi connectivity index (χ4v) is 6.03. The largest absolute Gasteiger partial charge is 0.478 e. The predicted octanol–water partition coefficient (Wildman–Crippen LogP) is 6.20. The molecule has 1 aromatic heterocycles. The number of rotatable bonds is 5. The quantitative estimate of drug-likeness (QED) is 0.263. The smallest absolute Gasteiger partial charge is 0.408 e. The highest BCUT2D eigenvalue weighted by atomic mass is 16.6. The van der Waals surface area contributed by atoms with Crippen LogP contribution in [0.4, 0.5) is 4.79 Å². The summed E-state index contributed by atoms with van der Waals surface area (Å²) in [6.45, 7) is 7.42. The Morgan fingerprint density at radius 1 is 1.00 bits per heavy atom. The van der Waals surface area contributed by atoms with Gasteiger partial charge in [-0.2, -0.15) is 0 Å². The molecule has 2 heterocycles. The summed E-state index contributed by atoms with van der Waals surface area (Å²) in [5, 5.41) is 23.2. The first-order chi connectivity index (χ1) is 19.8. The number of aliphatic hydroxyl groups is 1. The molecule has 0 bridgehead atoms. The van der Waals surface area contributed by atoms with Gasteiger partial charge in [-0.1, -0.05) is 54.6 Å². The van der Waals surface area contributed by atoms with Gasteiger partial charge in [0.1, 0.15) is 17.2 Å². The molecule has 1 aliphatic carbocycles. The number of carbonyl (C=O) groups excluding carboxylic acids is 1. The maximum Gasteiger partial charge on any atom is 0.408 e. The van der Waals surface area contributed by atoms with E-state index < -0.39 is 28.8 Å². The number of hydrogen-bond donors (Lipinski definition) is 3. The van der Waals surface area contributed by atoms with Crippen LogP contribution in [0.5, 0.6) is 5.75 Å². The predicted molar refractivity (Wildman–Crippen MR) is 157 cm³/mol. The number of benzene rings is 3. The lowest BCUT2D eigenvalue weighted by Gasteiger charge is -2.52. The Morgan fingerprint density at radius 3 is 2.31 bits per heavy atom. The Balaban J connectivity index is 1.42. The fraction of sp³-hybridized carbons (Fsp3) is 0.303. The van der Waals surface area contributed by atoms with Crippen LogP contribution in [0.15, 0.2) is 72.8 Å². The Morgan fingerprint density at radius 2 is 1.69 bits per heavy atom. The van der Waals surface area contributed by atoms with Crippen molar-refractivity contribution in [3.05, 3.63) is 83.9 Å². The van der Waals surface area contributed by atoms with Crippen LogP contribution in [0, 0.1) is 0 Å². The molecule has 1 fully saturated rings. The first-order valence-corrected chi connectivity index (χ1v) is 13.9. The highest BCUT2D eigenvalue weighted by Gasteiger charge is 2.53. The van der Waals surface area contributed by atoms with Gasteiger partial charge in [-0.15, -0.1) is 0 Å². The van der Waals surface area contributed by atoms with Crippen molar-refractivity contribution >= 4 is 12.1 Å². The zero-order valence-electron chi connectivity index (χ0n) is 24.0. The van der Waals surface area contributed by atoms with Crippen LogP contribution in [-0.2, 0) is 17.0 Å². The molecule has 42 heavy (non-hydrogen) atoms. The third kappa shape index (κ3) is 5.00. The van der Waals surface area contributed by atoms with Gasteiger partial charge in [0.15, 0.2) is 6.73 Å². The van der Waals surface area contributed by atoms with Crippen molar-refractivity contribution in [3.8, 4) is 39.7 Å². The van der Waals surface area contributed by atoms with E-state index >= 15 is 0 Å². The van der Waals surface area contributed by atoms with Gasteiger partial charge in [0.05, 0.1) is 33.7 Å². The first kappa shape index (κ1) is 27.5. The summed E-state index contributed by atoms with van der Waals surface area (Å²) in [5.74, 6) is 0.172. The summed E-state index contributed by atoms with van der Waals surface area (Å²) in [6.07, 6.45) is 0.175. The molecule has 3 aromatic carbocycles. The molecule has 4 aromatic rings. The second kappa shape index (κ2) is 9.73. The van der Waals surface area contributed by atoms with Gasteiger partial charge in [-0.05, 0) is 51.5 Å². The molecule has 0 unspecified atom stereocenters. The Bertz CT molecular complexity index is 1680. The number of ether oxygens (including phenoxy) is 2. The van der Waals surface area contributed by atoms with Gasteiger partial charge in [-0.25, -0.2) is 14.6 Å². The van der Waals surface area contributed by atoms with Crippen molar-refractivity contribution in [2.45, 2.75) is 64.0 Å². The number of aromatic carboxylic acids is 1. The molecule has 9 nitrogen and oxygen atoms in total. The minimum absolute atomic E-state index is 0.153. The third-order valence-corrected chi connectivity index (χ3v) is 7.65. The summed E-state index contributed by atoms with van der Waals surface area (Å²) in [6, 6.07) is 22.4. The monoisotopic (exact) mass is 567 g/mol. The van der Waals surface area contributed by atoms with Gasteiger partial charge in [-0.3, -0.25) is 4.57 Å². The average Bonchev–Trinajstić information content (AvgIpc) is 3.31. The first-order valence-electron chi connectivity index (χ1n) is 13.9. The summed E-state index contributed by atoms with van der Waals surface area (Å²) in [5.41, 5.74) is 2.64. The highest BCUT2D eigenvalue weighted by molar-refractivity contribution is 5.91. The van der Waals surface area contributed by atoms with Gasteiger partial charge in [0, 0.05) is 24.0 Å². The van der Waals surface area contributed by atoms with E-state index in [1.54, 1.807) is 19.1 Å². The molecule has 3 N–H and O–H groups in total. The Hall–Kier alpha value is -4.63. The van der Waals surface area contributed by atoms with Crippen LogP contribution in [0.1, 0.15) is 56.5 Å². The molecule has 0 saturated heterocycles. The van der Waals surface area contributed by atoms with Crippen molar-refractivity contribution in [2.24, 2.45) is 0 Å². The summed E-state index contributed by atoms with van der Waals surface area (Å²) in [4.78, 5) is 29.5. The summed E-state index contributed by atoms with van der Waals surface area (Å²) < 4.78 is 13.5. The number of nitrogens with zero attached hydrogens (tertiary/aromatic N) is 2. The minimum Gasteiger partial charge on any atom is -0.478 e. The number of hydrogen-bond acceptors (Lipinski definition) is 6. The van der Waals surface area contributed by atoms with Crippen LogP contribution in [0.2, 0.25) is 0 Å².